The summed E-state index contributed by atoms with van der Waals surface area (Å²) in [6, 6.07) is 6.21. The lowest BCUT2D eigenvalue weighted by Gasteiger charge is -2.33. The van der Waals surface area contributed by atoms with Gasteiger partial charge in [0.05, 0.1) is 5.52 Å². The first kappa shape index (κ1) is 13.9. The van der Waals surface area contributed by atoms with Crippen molar-refractivity contribution in [2.24, 2.45) is 12.5 Å². The molecule has 0 bridgehead atoms. The smallest absolute Gasteiger partial charge is 0.408 e. The number of hydrogen-bond acceptors (Lipinski definition) is 3. The molecule has 0 aliphatic carbocycles. The molecule has 0 saturated carbocycles. The molecule has 0 fully saturated rings. The van der Waals surface area contributed by atoms with Crippen LogP contribution in [0.5, 0.6) is 0 Å². The van der Waals surface area contributed by atoms with E-state index in [0.717, 1.165) is 17.5 Å². The highest BCUT2D eigenvalue weighted by atomic mass is 16.4. The number of oxazole rings is 1. The van der Waals surface area contributed by atoms with Gasteiger partial charge in [-0.3, -0.25) is 4.57 Å². The average molecular weight is 262 g/mol. The van der Waals surface area contributed by atoms with E-state index < -0.39 is 0 Å². The van der Waals surface area contributed by atoms with Gasteiger partial charge >= 0.3 is 5.76 Å². The lowest BCUT2D eigenvalue weighted by molar-refractivity contribution is 0.245. The molecule has 0 spiro atoms. The van der Waals surface area contributed by atoms with Crippen LogP contribution in [0, 0.1) is 5.41 Å². The maximum atomic E-state index is 11.5. The Bertz CT molecular complexity index is 637. The number of nitrogens with one attached hydrogen (secondary N) is 1. The van der Waals surface area contributed by atoms with Crippen molar-refractivity contribution in [2.75, 3.05) is 7.05 Å². The first-order chi connectivity index (χ1) is 8.90. The molecule has 4 heteroatoms. The Balaban J connectivity index is 2.53. The zero-order valence-electron chi connectivity index (χ0n) is 12.3. The van der Waals surface area contributed by atoms with Crippen LogP contribution in [0.15, 0.2) is 27.4 Å². The molecule has 0 saturated heterocycles. The van der Waals surface area contributed by atoms with Crippen molar-refractivity contribution in [1.82, 2.24) is 9.88 Å². The van der Waals surface area contributed by atoms with Crippen molar-refractivity contribution in [3.63, 3.8) is 0 Å². The quantitative estimate of drug-likeness (QED) is 0.921. The molecule has 1 atom stereocenters. The molecular weight excluding hydrogens is 240 g/mol. The van der Waals surface area contributed by atoms with E-state index in [2.05, 4.69) is 32.2 Å². The van der Waals surface area contributed by atoms with Crippen LogP contribution in [0.3, 0.4) is 0 Å². The zero-order valence-corrected chi connectivity index (χ0v) is 12.3. The molecular formula is C15H22N2O2. The highest BCUT2D eigenvalue weighted by Crippen LogP contribution is 2.36. The summed E-state index contributed by atoms with van der Waals surface area (Å²) in [5, 5.41) is 3.37. The topological polar surface area (TPSA) is 47.2 Å². The number of aromatic nitrogens is 1. The summed E-state index contributed by atoms with van der Waals surface area (Å²) in [5.74, 6) is -0.317. The van der Waals surface area contributed by atoms with Gasteiger partial charge in [0.1, 0.15) is 0 Å². The van der Waals surface area contributed by atoms with Crippen molar-refractivity contribution in [1.29, 1.82) is 0 Å². The molecule has 2 rings (SSSR count). The Morgan fingerprint density at radius 1 is 1.42 bits per heavy atom. The Labute approximate surface area is 113 Å². The van der Waals surface area contributed by atoms with Gasteiger partial charge < -0.3 is 9.73 Å². The number of hydrogen-bond donors (Lipinski definition) is 1. The second-order valence-corrected chi connectivity index (χ2v) is 5.72. The van der Waals surface area contributed by atoms with Crippen LogP contribution < -0.4 is 11.1 Å². The minimum atomic E-state index is -0.317. The third-order valence-electron chi connectivity index (χ3n) is 4.13. The Kier molecular flexibility index (Phi) is 3.54. The summed E-state index contributed by atoms with van der Waals surface area (Å²) in [6.45, 7) is 6.66. The summed E-state index contributed by atoms with van der Waals surface area (Å²) in [7, 11) is 3.69. The number of aryl methyl sites for hydroxylation is 1. The molecule has 1 N–H and O–H groups in total. The monoisotopic (exact) mass is 262 g/mol. The van der Waals surface area contributed by atoms with Crippen LogP contribution in [-0.4, -0.2) is 11.6 Å². The van der Waals surface area contributed by atoms with Gasteiger partial charge in [0.15, 0.2) is 5.58 Å². The first-order valence-corrected chi connectivity index (χ1v) is 6.67. The Hall–Kier alpha value is -1.55. The number of fused-ring (bicyclic) bond motifs is 1. The van der Waals surface area contributed by atoms with Crippen molar-refractivity contribution in [3.05, 3.63) is 34.3 Å². The fraction of sp³-hybridized carbons (Fsp3) is 0.533. The fourth-order valence-corrected chi connectivity index (χ4v) is 2.54. The molecule has 104 valence electrons. The molecule has 0 amide bonds. The van der Waals surface area contributed by atoms with E-state index in [-0.39, 0.29) is 17.2 Å². The van der Waals surface area contributed by atoms with E-state index in [1.165, 1.54) is 4.57 Å². The van der Waals surface area contributed by atoms with Crippen LogP contribution in [0.1, 0.15) is 38.8 Å². The fourth-order valence-electron chi connectivity index (χ4n) is 2.54. The van der Waals surface area contributed by atoms with Crippen LogP contribution in [0.25, 0.3) is 11.1 Å². The number of nitrogens with zero attached hydrogens (tertiary/aromatic N) is 1. The van der Waals surface area contributed by atoms with Crippen molar-refractivity contribution >= 4 is 11.1 Å². The predicted molar refractivity (Wildman–Crippen MR) is 77.3 cm³/mol. The largest absolute Gasteiger partial charge is 0.419 e. The third-order valence-corrected chi connectivity index (χ3v) is 4.13. The molecule has 0 radical (unpaired) electrons. The summed E-state index contributed by atoms with van der Waals surface area (Å²) < 4.78 is 6.79. The van der Waals surface area contributed by atoms with Gasteiger partial charge in [0, 0.05) is 13.1 Å². The summed E-state index contributed by atoms with van der Waals surface area (Å²) in [5.41, 5.74) is 2.77. The molecule has 0 aliphatic rings. The molecule has 2 aromatic rings. The van der Waals surface area contributed by atoms with Gasteiger partial charge in [-0.05, 0) is 36.6 Å². The van der Waals surface area contributed by atoms with Crippen molar-refractivity contribution in [3.8, 4) is 0 Å². The summed E-state index contributed by atoms with van der Waals surface area (Å²) >= 11 is 0. The van der Waals surface area contributed by atoms with Gasteiger partial charge in [0.25, 0.3) is 0 Å². The lowest BCUT2D eigenvalue weighted by atomic mass is 9.78. The van der Waals surface area contributed by atoms with E-state index in [1.807, 2.05) is 19.2 Å². The first-order valence-electron chi connectivity index (χ1n) is 6.67. The van der Waals surface area contributed by atoms with Crippen molar-refractivity contribution < 1.29 is 4.42 Å². The molecule has 4 nitrogen and oxygen atoms in total. The van der Waals surface area contributed by atoms with E-state index in [1.54, 1.807) is 7.05 Å². The van der Waals surface area contributed by atoms with Gasteiger partial charge in [0.2, 0.25) is 0 Å². The predicted octanol–water partition coefficient (Wildman–Crippen LogP) is 2.83. The van der Waals surface area contributed by atoms with Crippen LogP contribution in [-0.2, 0) is 7.05 Å². The lowest BCUT2D eigenvalue weighted by Crippen LogP contribution is -2.31. The van der Waals surface area contributed by atoms with E-state index in [9.17, 15) is 4.79 Å². The molecule has 1 unspecified atom stereocenters. The molecule has 19 heavy (non-hydrogen) atoms. The minimum absolute atomic E-state index is 0.136. The second kappa shape index (κ2) is 4.85. The molecule has 1 heterocycles. The van der Waals surface area contributed by atoms with Crippen LogP contribution in [0.4, 0.5) is 0 Å². The number of benzene rings is 1. The molecule has 1 aromatic heterocycles. The second-order valence-electron chi connectivity index (χ2n) is 5.72. The molecule has 0 aliphatic heterocycles. The summed E-state index contributed by atoms with van der Waals surface area (Å²) in [6.07, 6.45) is 1.06. The third kappa shape index (κ3) is 2.32. The van der Waals surface area contributed by atoms with Crippen LogP contribution in [0.2, 0.25) is 0 Å². The normalized spacial score (nSPS) is 13.9. The van der Waals surface area contributed by atoms with E-state index in [0.29, 0.717) is 5.58 Å². The maximum Gasteiger partial charge on any atom is 0.419 e. The SMILES string of the molecule is CCC(C)(C)C(NC)c1ccc2c(c1)oc(=O)n2C. The van der Waals surface area contributed by atoms with Crippen molar-refractivity contribution in [2.45, 2.75) is 33.2 Å². The van der Waals surface area contributed by atoms with E-state index in [4.69, 9.17) is 4.42 Å². The molecule has 1 aromatic carbocycles. The standard InChI is InChI=1S/C15H22N2O2/c1-6-15(2,3)13(16-4)10-7-8-11-12(9-10)19-14(18)17(11)5/h7-9,13,16H,6H2,1-5H3. The van der Waals surface area contributed by atoms with E-state index >= 15 is 0 Å². The highest BCUT2D eigenvalue weighted by Gasteiger charge is 2.28. The van der Waals surface area contributed by atoms with Gasteiger partial charge in [-0.15, -0.1) is 0 Å². The highest BCUT2D eigenvalue weighted by molar-refractivity contribution is 5.73. The van der Waals surface area contributed by atoms with Gasteiger partial charge in [-0.1, -0.05) is 26.8 Å². The Morgan fingerprint density at radius 2 is 2.11 bits per heavy atom. The van der Waals surface area contributed by atoms with Gasteiger partial charge in [-0.2, -0.15) is 0 Å². The maximum absolute atomic E-state index is 11.5. The van der Waals surface area contributed by atoms with Gasteiger partial charge in [-0.25, -0.2) is 4.79 Å². The Morgan fingerprint density at radius 3 is 2.68 bits per heavy atom. The zero-order chi connectivity index (χ0) is 14.2. The van der Waals surface area contributed by atoms with Crippen LogP contribution >= 0.6 is 0 Å². The average Bonchev–Trinajstić information content (AvgIpc) is 2.65. The summed E-state index contributed by atoms with van der Waals surface area (Å²) in [4.78, 5) is 11.5. The number of rotatable bonds is 4. The minimum Gasteiger partial charge on any atom is -0.408 e.